The Balaban J connectivity index is 1.40. The van der Waals surface area contributed by atoms with Gasteiger partial charge in [0.1, 0.15) is 17.5 Å². The number of hydrogen-bond acceptors (Lipinski definition) is 5. The van der Waals surface area contributed by atoms with Gasteiger partial charge in [-0.15, -0.1) is 0 Å². The fourth-order valence-corrected chi connectivity index (χ4v) is 4.06. The molecule has 4 rings (SSSR count). The Morgan fingerprint density at radius 2 is 1.50 bits per heavy atom. The summed E-state index contributed by atoms with van der Waals surface area (Å²) >= 11 is 0. The van der Waals surface area contributed by atoms with Crippen LogP contribution in [0.2, 0.25) is 0 Å². The van der Waals surface area contributed by atoms with Crippen LogP contribution in [-0.2, 0) is 31.1 Å². The molecule has 0 aliphatic rings. The van der Waals surface area contributed by atoms with Crippen molar-refractivity contribution in [3.05, 3.63) is 94.8 Å². The Morgan fingerprint density at radius 1 is 0.917 bits per heavy atom. The summed E-state index contributed by atoms with van der Waals surface area (Å²) in [5.41, 5.74) is 22.9. The van der Waals surface area contributed by atoms with Crippen molar-refractivity contribution in [3.63, 3.8) is 0 Å². The van der Waals surface area contributed by atoms with E-state index in [1.807, 2.05) is 61.6 Å². The van der Waals surface area contributed by atoms with E-state index in [-0.39, 0.29) is 17.6 Å². The Morgan fingerprint density at radius 3 is 2.08 bits per heavy atom. The average molecular weight is 483 g/mol. The molecular weight excluding hydrogens is 452 g/mol. The van der Waals surface area contributed by atoms with E-state index < -0.39 is 6.04 Å². The Labute approximate surface area is 209 Å². The molecule has 0 aliphatic carbocycles. The third-order valence-corrected chi connectivity index (χ3v) is 6.20. The minimum atomic E-state index is -0.724. The van der Waals surface area contributed by atoms with Gasteiger partial charge in [-0.05, 0) is 42.2 Å². The van der Waals surface area contributed by atoms with Crippen molar-refractivity contribution in [2.45, 2.75) is 25.3 Å². The Kier molecular flexibility index (Phi) is 7.12. The van der Waals surface area contributed by atoms with Crippen LogP contribution in [0, 0.1) is 10.8 Å². The summed E-state index contributed by atoms with van der Waals surface area (Å²) in [4.78, 5) is 17.5. The number of aromatic nitrogens is 2. The maximum atomic E-state index is 12.7. The number of nitrogens with one attached hydrogen (secondary N) is 3. The van der Waals surface area contributed by atoms with Crippen molar-refractivity contribution < 1.29 is 4.79 Å². The topological polar surface area (TPSA) is 173 Å². The van der Waals surface area contributed by atoms with E-state index in [0.717, 1.165) is 40.8 Å². The van der Waals surface area contributed by atoms with Gasteiger partial charge >= 0.3 is 0 Å². The lowest BCUT2D eigenvalue weighted by Crippen LogP contribution is -2.37. The zero-order valence-electron chi connectivity index (χ0n) is 20.1. The lowest BCUT2D eigenvalue weighted by atomic mass is 10.0. The number of benzene rings is 3. The monoisotopic (exact) mass is 482 g/mol. The molecule has 1 heterocycles. The van der Waals surface area contributed by atoms with Gasteiger partial charge in [0.05, 0.1) is 17.1 Å². The maximum absolute atomic E-state index is 12.7. The van der Waals surface area contributed by atoms with Gasteiger partial charge in [-0.25, -0.2) is 4.98 Å². The maximum Gasteiger partial charge on any atom is 0.241 e. The highest BCUT2D eigenvalue weighted by Gasteiger charge is 2.16. The van der Waals surface area contributed by atoms with Crippen LogP contribution in [0.5, 0.6) is 0 Å². The molecule has 0 aliphatic heterocycles. The van der Waals surface area contributed by atoms with E-state index in [9.17, 15) is 4.79 Å². The fourth-order valence-electron chi connectivity index (χ4n) is 4.06. The van der Waals surface area contributed by atoms with Crippen molar-refractivity contribution in [1.82, 2.24) is 9.55 Å². The molecular formula is C27H30N8O. The number of rotatable bonds is 9. The van der Waals surface area contributed by atoms with Crippen molar-refractivity contribution in [2.75, 3.05) is 5.32 Å². The van der Waals surface area contributed by atoms with E-state index in [2.05, 4.69) is 9.88 Å². The lowest BCUT2D eigenvalue weighted by Gasteiger charge is -2.13. The lowest BCUT2D eigenvalue weighted by molar-refractivity contribution is -0.117. The third-order valence-electron chi connectivity index (χ3n) is 6.20. The molecule has 3 aromatic carbocycles. The summed E-state index contributed by atoms with van der Waals surface area (Å²) in [6, 6.07) is 19.7. The summed E-state index contributed by atoms with van der Waals surface area (Å²) in [6.07, 6.45) is 1.92. The number of imidazole rings is 1. The average Bonchev–Trinajstić information content (AvgIpc) is 3.17. The Bertz CT molecular complexity index is 1420. The molecule has 0 fully saturated rings. The normalized spacial score (nSPS) is 11.8. The number of amidine groups is 2. The Hall–Kier alpha value is -4.50. The first-order chi connectivity index (χ1) is 17.2. The van der Waals surface area contributed by atoms with Gasteiger partial charge in [0.15, 0.2) is 0 Å². The van der Waals surface area contributed by atoms with Gasteiger partial charge in [0, 0.05) is 30.3 Å². The van der Waals surface area contributed by atoms with Gasteiger partial charge in [-0.2, -0.15) is 0 Å². The van der Waals surface area contributed by atoms with Crippen LogP contribution >= 0.6 is 0 Å². The molecule has 9 N–H and O–H groups in total. The molecule has 1 amide bonds. The van der Waals surface area contributed by atoms with Crippen molar-refractivity contribution in [2.24, 2.45) is 24.2 Å². The molecule has 0 saturated heterocycles. The van der Waals surface area contributed by atoms with Gasteiger partial charge in [0.25, 0.3) is 0 Å². The van der Waals surface area contributed by atoms with Crippen LogP contribution in [0.4, 0.5) is 5.69 Å². The van der Waals surface area contributed by atoms with Gasteiger partial charge < -0.3 is 27.1 Å². The number of carbonyl (C=O) groups excluding carboxylic acids is 1. The minimum absolute atomic E-state index is 0.0000151. The largest absolute Gasteiger partial charge is 0.384 e. The zero-order chi connectivity index (χ0) is 25.8. The molecule has 9 nitrogen and oxygen atoms in total. The van der Waals surface area contributed by atoms with Gasteiger partial charge in [-0.3, -0.25) is 15.6 Å². The molecule has 1 unspecified atom stereocenters. The second-order valence-electron chi connectivity index (χ2n) is 8.81. The number of fused-ring (bicyclic) bond motifs is 1. The summed E-state index contributed by atoms with van der Waals surface area (Å²) in [7, 11) is 1.98. The SMILES string of the molecule is Cn1c(CCc2ccc(C(=N)N)cc2)nc2cc(NC(=O)C(N)Cc3ccc(C(=N)N)cc3)ccc21. The number of aryl methyl sites for hydroxylation is 3. The molecule has 0 bridgehead atoms. The first-order valence-electron chi connectivity index (χ1n) is 11.6. The zero-order valence-corrected chi connectivity index (χ0v) is 20.1. The van der Waals surface area contributed by atoms with Gasteiger partial charge in [0.2, 0.25) is 5.91 Å². The van der Waals surface area contributed by atoms with Crippen molar-refractivity contribution >= 4 is 34.3 Å². The molecule has 9 heteroatoms. The van der Waals surface area contributed by atoms with Crippen LogP contribution in [0.25, 0.3) is 11.0 Å². The highest BCUT2D eigenvalue weighted by atomic mass is 16.2. The molecule has 0 radical (unpaired) electrons. The van der Waals surface area contributed by atoms with Crippen molar-refractivity contribution in [3.8, 4) is 0 Å². The molecule has 1 atom stereocenters. The molecule has 4 aromatic rings. The molecule has 184 valence electrons. The highest BCUT2D eigenvalue weighted by Crippen LogP contribution is 2.21. The number of nitrogen functional groups attached to an aromatic ring is 2. The van der Waals surface area contributed by atoms with E-state index in [1.165, 1.54) is 0 Å². The first kappa shape index (κ1) is 24.6. The third kappa shape index (κ3) is 5.59. The molecule has 1 aromatic heterocycles. The fraction of sp³-hybridized carbons (Fsp3) is 0.185. The number of hydrogen-bond donors (Lipinski definition) is 6. The van der Waals surface area contributed by atoms with E-state index in [0.29, 0.717) is 23.2 Å². The standard InChI is InChI=1S/C27H30N8O/c1-35-23-12-11-20(33-27(36)21(28)14-17-4-9-19(10-5-17)26(31)32)15-22(23)34-24(35)13-6-16-2-7-18(8-3-16)25(29)30/h2-5,7-12,15,21H,6,13-14,28H2,1H3,(H3,29,30)(H3,31,32)(H,33,36). The summed E-state index contributed by atoms with van der Waals surface area (Å²) in [6.45, 7) is 0. The second-order valence-corrected chi connectivity index (χ2v) is 8.81. The molecule has 0 spiro atoms. The minimum Gasteiger partial charge on any atom is -0.384 e. The molecule has 0 saturated carbocycles. The number of anilines is 1. The smallest absolute Gasteiger partial charge is 0.241 e. The van der Waals surface area contributed by atoms with Crippen LogP contribution in [0.1, 0.15) is 28.1 Å². The number of nitrogens with zero attached hydrogens (tertiary/aromatic N) is 2. The first-order valence-corrected chi connectivity index (χ1v) is 11.6. The predicted octanol–water partition coefficient (Wildman–Crippen LogP) is 2.44. The van der Waals surface area contributed by atoms with E-state index in [4.69, 9.17) is 33.0 Å². The quantitative estimate of drug-likeness (QED) is 0.158. The van der Waals surface area contributed by atoms with E-state index >= 15 is 0 Å². The van der Waals surface area contributed by atoms with Crippen LogP contribution in [0.15, 0.2) is 66.7 Å². The highest BCUT2D eigenvalue weighted by molar-refractivity contribution is 5.97. The summed E-state index contributed by atoms with van der Waals surface area (Å²) < 4.78 is 2.06. The van der Waals surface area contributed by atoms with Crippen LogP contribution in [-0.4, -0.2) is 33.2 Å². The van der Waals surface area contributed by atoms with Gasteiger partial charge in [-0.1, -0.05) is 48.5 Å². The van der Waals surface area contributed by atoms with Crippen LogP contribution < -0.4 is 22.5 Å². The molecule has 36 heavy (non-hydrogen) atoms. The van der Waals surface area contributed by atoms with E-state index in [1.54, 1.807) is 12.1 Å². The van der Waals surface area contributed by atoms with Crippen LogP contribution in [0.3, 0.4) is 0 Å². The number of amides is 1. The number of carbonyl (C=O) groups is 1. The predicted molar refractivity (Wildman–Crippen MR) is 143 cm³/mol. The summed E-state index contributed by atoms with van der Waals surface area (Å²) in [5, 5.41) is 17.9. The second kappa shape index (κ2) is 10.4. The number of nitrogens with two attached hydrogens (primary N) is 3. The summed E-state index contributed by atoms with van der Waals surface area (Å²) in [5.74, 6) is 0.717. The van der Waals surface area contributed by atoms with Crippen molar-refractivity contribution in [1.29, 1.82) is 10.8 Å².